The monoisotopic (exact) mass is 272 g/mol. The summed E-state index contributed by atoms with van der Waals surface area (Å²) in [6.07, 6.45) is 6.67. The fourth-order valence-electron chi connectivity index (χ4n) is 2.23. The molecular weight excluding hydrogens is 256 g/mol. The molecule has 2 N–H and O–H groups in total. The third-order valence-electron chi connectivity index (χ3n) is 3.30. The van der Waals surface area contributed by atoms with Gasteiger partial charge < -0.3 is 10.6 Å². The summed E-state index contributed by atoms with van der Waals surface area (Å²) >= 11 is 0. The van der Waals surface area contributed by atoms with Crippen molar-refractivity contribution in [2.24, 2.45) is 0 Å². The van der Waals surface area contributed by atoms with E-state index in [1.54, 1.807) is 29.3 Å². The molecule has 1 atom stereocenters. The van der Waals surface area contributed by atoms with E-state index in [9.17, 15) is 4.79 Å². The Balaban J connectivity index is 1.66. The van der Waals surface area contributed by atoms with Crippen molar-refractivity contribution in [1.82, 2.24) is 30.4 Å². The van der Waals surface area contributed by atoms with Gasteiger partial charge in [-0.1, -0.05) is 0 Å². The van der Waals surface area contributed by atoms with Gasteiger partial charge in [0.2, 0.25) is 0 Å². The molecule has 1 aliphatic heterocycles. The molecule has 7 nitrogen and oxygen atoms in total. The summed E-state index contributed by atoms with van der Waals surface area (Å²) in [4.78, 5) is 20.2. The second kappa shape index (κ2) is 5.79. The number of hydrogen-bond acceptors (Lipinski definition) is 5. The Morgan fingerprint density at radius 1 is 1.45 bits per heavy atom. The third-order valence-corrected chi connectivity index (χ3v) is 3.30. The zero-order chi connectivity index (χ0) is 13.8. The lowest BCUT2D eigenvalue weighted by molar-refractivity contribution is 0.0930. The molecule has 7 heteroatoms. The maximum atomic E-state index is 12.1. The van der Waals surface area contributed by atoms with Crippen LogP contribution in [0.15, 0.2) is 31.0 Å². The van der Waals surface area contributed by atoms with Crippen molar-refractivity contribution in [2.45, 2.75) is 18.9 Å². The Hall–Kier alpha value is -2.28. The lowest BCUT2D eigenvalue weighted by Gasteiger charge is -2.23. The second-order valence-corrected chi connectivity index (χ2v) is 4.76. The van der Waals surface area contributed by atoms with E-state index < -0.39 is 0 Å². The lowest BCUT2D eigenvalue weighted by atomic mass is 10.1. The summed E-state index contributed by atoms with van der Waals surface area (Å²) in [5, 5.41) is 10.3. The highest BCUT2D eigenvalue weighted by Gasteiger charge is 2.16. The number of amides is 1. The van der Waals surface area contributed by atoms with Gasteiger partial charge >= 0.3 is 0 Å². The molecule has 1 amide bonds. The molecule has 2 aromatic heterocycles. The molecule has 0 unspecified atom stereocenters. The molecule has 3 heterocycles. The number of pyridine rings is 1. The first kappa shape index (κ1) is 12.7. The van der Waals surface area contributed by atoms with Gasteiger partial charge in [-0.05, 0) is 31.5 Å². The summed E-state index contributed by atoms with van der Waals surface area (Å²) in [5.74, 6) is 0.551. The van der Waals surface area contributed by atoms with E-state index in [0.717, 1.165) is 25.9 Å². The largest absolute Gasteiger partial charge is 0.348 e. The maximum Gasteiger partial charge on any atom is 0.253 e. The standard InChI is InChI=1S/C13H16N6O/c20-13(18-11-2-1-5-14-7-11)10-3-4-12(16-6-10)19-9-15-8-17-19/h3-4,6,8-9,11,14H,1-2,5,7H2,(H,18,20)/t11-/m0/s1. The van der Waals surface area contributed by atoms with Crippen LogP contribution in [0.3, 0.4) is 0 Å². The number of carbonyl (C=O) groups is 1. The van der Waals surface area contributed by atoms with Crippen LogP contribution >= 0.6 is 0 Å². The Labute approximate surface area is 116 Å². The number of nitrogens with zero attached hydrogens (tertiary/aromatic N) is 4. The zero-order valence-corrected chi connectivity index (χ0v) is 11.0. The van der Waals surface area contributed by atoms with E-state index in [1.807, 2.05) is 0 Å². The van der Waals surface area contributed by atoms with Crippen LogP contribution in [0, 0.1) is 0 Å². The smallest absolute Gasteiger partial charge is 0.253 e. The first-order chi connectivity index (χ1) is 9.83. The first-order valence-electron chi connectivity index (χ1n) is 6.65. The van der Waals surface area contributed by atoms with E-state index in [0.29, 0.717) is 11.4 Å². The Morgan fingerprint density at radius 2 is 2.40 bits per heavy atom. The van der Waals surface area contributed by atoms with E-state index in [1.165, 1.54) is 6.33 Å². The van der Waals surface area contributed by atoms with Crippen LogP contribution in [-0.4, -0.2) is 44.8 Å². The van der Waals surface area contributed by atoms with Gasteiger partial charge in [0, 0.05) is 18.8 Å². The summed E-state index contributed by atoms with van der Waals surface area (Å²) in [6, 6.07) is 3.70. The predicted octanol–water partition coefficient (Wildman–Crippen LogP) is 0.144. The van der Waals surface area contributed by atoms with E-state index in [4.69, 9.17) is 0 Å². The Morgan fingerprint density at radius 3 is 3.05 bits per heavy atom. The molecule has 2 aromatic rings. The SMILES string of the molecule is O=C(N[C@H]1CCCNC1)c1ccc(-n2cncn2)nc1. The van der Waals surface area contributed by atoms with Crippen molar-refractivity contribution in [3.8, 4) is 5.82 Å². The van der Waals surface area contributed by atoms with Gasteiger partial charge in [0.05, 0.1) is 5.56 Å². The number of carbonyl (C=O) groups excluding carboxylic acids is 1. The van der Waals surface area contributed by atoms with Crippen LogP contribution in [0.2, 0.25) is 0 Å². The summed E-state index contributed by atoms with van der Waals surface area (Å²) in [7, 11) is 0. The molecule has 20 heavy (non-hydrogen) atoms. The van der Waals surface area contributed by atoms with E-state index >= 15 is 0 Å². The molecule has 1 fully saturated rings. The van der Waals surface area contributed by atoms with Crippen molar-refractivity contribution >= 4 is 5.91 Å². The van der Waals surface area contributed by atoms with E-state index in [-0.39, 0.29) is 11.9 Å². The van der Waals surface area contributed by atoms with Crippen molar-refractivity contribution in [1.29, 1.82) is 0 Å². The van der Waals surface area contributed by atoms with Crippen molar-refractivity contribution in [3.05, 3.63) is 36.5 Å². The molecule has 104 valence electrons. The number of piperidine rings is 1. The van der Waals surface area contributed by atoms with E-state index in [2.05, 4.69) is 25.7 Å². The molecule has 0 aromatic carbocycles. The average Bonchev–Trinajstić information content (AvgIpc) is 3.03. The minimum Gasteiger partial charge on any atom is -0.348 e. The summed E-state index contributed by atoms with van der Waals surface area (Å²) in [6.45, 7) is 1.86. The molecule has 1 saturated heterocycles. The van der Waals surface area contributed by atoms with Gasteiger partial charge in [-0.15, -0.1) is 0 Å². The van der Waals surface area contributed by atoms with Gasteiger partial charge in [0.15, 0.2) is 5.82 Å². The third kappa shape index (κ3) is 2.83. The molecule has 3 rings (SSSR count). The average molecular weight is 272 g/mol. The summed E-state index contributed by atoms with van der Waals surface area (Å²) in [5.41, 5.74) is 0.555. The normalized spacial score (nSPS) is 18.7. The molecule has 1 aliphatic rings. The van der Waals surface area contributed by atoms with Gasteiger partial charge in [-0.3, -0.25) is 4.79 Å². The van der Waals surface area contributed by atoms with Crippen LogP contribution < -0.4 is 10.6 Å². The summed E-state index contributed by atoms with van der Waals surface area (Å²) < 4.78 is 1.55. The molecular formula is C13H16N6O. The van der Waals surface area contributed by atoms with Gasteiger partial charge in [0.25, 0.3) is 5.91 Å². The maximum absolute atomic E-state index is 12.1. The molecule has 0 saturated carbocycles. The molecule has 0 bridgehead atoms. The Kier molecular flexibility index (Phi) is 3.69. The fraction of sp³-hybridized carbons (Fsp3) is 0.385. The highest BCUT2D eigenvalue weighted by atomic mass is 16.1. The minimum absolute atomic E-state index is 0.0867. The highest BCUT2D eigenvalue weighted by molar-refractivity contribution is 5.94. The lowest BCUT2D eigenvalue weighted by Crippen LogP contribution is -2.45. The molecule has 0 spiro atoms. The van der Waals surface area contributed by atoms with Gasteiger partial charge in [-0.25, -0.2) is 14.6 Å². The number of nitrogens with one attached hydrogen (secondary N) is 2. The molecule has 0 aliphatic carbocycles. The van der Waals surface area contributed by atoms with Crippen molar-refractivity contribution < 1.29 is 4.79 Å². The zero-order valence-electron chi connectivity index (χ0n) is 11.0. The van der Waals surface area contributed by atoms with Crippen molar-refractivity contribution in [2.75, 3.05) is 13.1 Å². The first-order valence-corrected chi connectivity index (χ1v) is 6.65. The van der Waals surface area contributed by atoms with Crippen LogP contribution in [-0.2, 0) is 0 Å². The number of rotatable bonds is 3. The highest BCUT2D eigenvalue weighted by Crippen LogP contribution is 2.06. The Bertz CT molecular complexity index is 559. The van der Waals surface area contributed by atoms with Crippen LogP contribution in [0.25, 0.3) is 5.82 Å². The van der Waals surface area contributed by atoms with Crippen LogP contribution in [0.5, 0.6) is 0 Å². The topological polar surface area (TPSA) is 84.7 Å². The molecule has 0 radical (unpaired) electrons. The predicted molar refractivity (Wildman–Crippen MR) is 72.5 cm³/mol. The van der Waals surface area contributed by atoms with Crippen LogP contribution in [0.4, 0.5) is 0 Å². The minimum atomic E-state index is -0.0867. The number of hydrogen-bond donors (Lipinski definition) is 2. The van der Waals surface area contributed by atoms with Gasteiger partial charge in [0.1, 0.15) is 12.7 Å². The van der Waals surface area contributed by atoms with Crippen molar-refractivity contribution in [3.63, 3.8) is 0 Å². The van der Waals surface area contributed by atoms with Gasteiger partial charge in [-0.2, -0.15) is 5.10 Å². The fourth-order valence-corrected chi connectivity index (χ4v) is 2.23. The van der Waals surface area contributed by atoms with Crippen LogP contribution in [0.1, 0.15) is 23.2 Å². The quantitative estimate of drug-likeness (QED) is 0.830. The second-order valence-electron chi connectivity index (χ2n) is 4.76. The number of aromatic nitrogens is 4.